The lowest BCUT2D eigenvalue weighted by Crippen LogP contribution is -2.56. The number of carbonyl (C=O) groups excluding carboxylic acids is 3. The molecule has 0 radical (unpaired) electrons. The number of ether oxygens (including phenoxy) is 2. The van der Waals surface area contributed by atoms with Gasteiger partial charge in [0.1, 0.15) is 5.60 Å². The maximum Gasteiger partial charge on any atom is 0.429 e. The van der Waals surface area contributed by atoms with E-state index >= 15 is 0 Å². The van der Waals surface area contributed by atoms with Gasteiger partial charge in [-0.25, -0.2) is 14.9 Å². The third kappa shape index (κ3) is 8.88. The molecule has 0 bridgehead atoms. The van der Waals surface area contributed by atoms with Gasteiger partial charge < -0.3 is 9.47 Å². The molecule has 1 aliphatic heterocycles. The molecule has 9 nitrogen and oxygen atoms in total. The van der Waals surface area contributed by atoms with Gasteiger partial charge in [0.15, 0.2) is 0 Å². The van der Waals surface area contributed by atoms with Crippen LogP contribution < -0.4 is 5.43 Å². The fourth-order valence-electron chi connectivity index (χ4n) is 2.97. The largest absolute Gasteiger partial charge is 0.442 e. The minimum atomic E-state index is -0.703. The maximum absolute atomic E-state index is 12.9. The molecule has 0 aromatic heterocycles. The van der Waals surface area contributed by atoms with Crippen LogP contribution in [0.1, 0.15) is 66.2 Å². The number of amides is 3. The Balaban J connectivity index is 2.89. The lowest BCUT2D eigenvalue weighted by atomic mass is 10.0. The summed E-state index contributed by atoms with van der Waals surface area (Å²) in [4.78, 5) is 36.3. The van der Waals surface area contributed by atoms with Gasteiger partial charge in [-0.3, -0.25) is 20.2 Å². The first-order valence-electron chi connectivity index (χ1n) is 9.99. The Labute approximate surface area is 167 Å². The van der Waals surface area contributed by atoms with Gasteiger partial charge in [-0.2, -0.15) is 0 Å². The smallest absolute Gasteiger partial charge is 0.429 e. The summed E-state index contributed by atoms with van der Waals surface area (Å²) in [5.74, 6) is -1.05. The van der Waals surface area contributed by atoms with Crippen molar-refractivity contribution in [1.82, 2.24) is 15.5 Å². The second-order valence-electron chi connectivity index (χ2n) is 8.09. The molecule has 1 saturated heterocycles. The van der Waals surface area contributed by atoms with E-state index in [1.165, 1.54) is 5.01 Å². The maximum atomic E-state index is 12.9. The standard InChI is InChI=1S/C19H35N3O6/c1-5-6-7-8-15(13-21(26)14-23)17(24)20-22(16-9-11-27-12-10-16)18(25)28-19(2,3)4/h14-16,26H,5-13H2,1-4H3,(H,20,24). The highest BCUT2D eigenvalue weighted by atomic mass is 16.6. The van der Waals surface area contributed by atoms with E-state index in [1.54, 1.807) is 20.8 Å². The molecule has 1 rings (SSSR count). The van der Waals surface area contributed by atoms with Crippen molar-refractivity contribution in [2.24, 2.45) is 5.92 Å². The fraction of sp³-hybridized carbons (Fsp3) is 0.842. The molecule has 0 spiro atoms. The van der Waals surface area contributed by atoms with E-state index in [2.05, 4.69) is 5.43 Å². The van der Waals surface area contributed by atoms with Crippen LogP contribution in [0.15, 0.2) is 0 Å². The van der Waals surface area contributed by atoms with Crippen LogP contribution >= 0.6 is 0 Å². The molecule has 0 saturated carbocycles. The number of nitrogens with zero attached hydrogens (tertiary/aromatic N) is 2. The van der Waals surface area contributed by atoms with Crippen LogP contribution in [0.5, 0.6) is 0 Å². The SMILES string of the molecule is CCCCCC(CN(O)C=O)C(=O)NN(C(=O)OC(C)(C)C)C1CCOCC1. The molecule has 1 atom stereocenters. The van der Waals surface area contributed by atoms with Gasteiger partial charge in [-0.15, -0.1) is 0 Å². The number of hydroxylamine groups is 2. The summed E-state index contributed by atoms with van der Waals surface area (Å²) in [6.45, 7) is 8.19. The topological polar surface area (TPSA) is 108 Å². The van der Waals surface area contributed by atoms with Gasteiger partial charge in [0, 0.05) is 13.2 Å². The van der Waals surface area contributed by atoms with E-state index in [9.17, 15) is 19.6 Å². The number of unbranched alkanes of at least 4 members (excludes halogenated alkanes) is 2. The minimum Gasteiger partial charge on any atom is -0.442 e. The van der Waals surface area contributed by atoms with Crippen LogP contribution in [-0.2, 0) is 19.1 Å². The fourth-order valence-corrected chi connectivity index (χ4v) is 2.97. The van der Waals surface area contributed by atoms with Crippen molar-refractivity contribution in [2.75, 3.05) is 19.8 Å². The van der Waals surface area contributed by atoms with Crippen molar-refractivity contribution in [2.45, 2.75) is 77.9 Å². The molecule has 9 heteroatoms. The zero-order valence-electron chi connectivity index (χ0n) is 17.5. The average molecular weight is 402 g/mol. The van der Waals surface area contributed by atoms with Crippen molar-refractivity contribution in [3.8, 4) is 0 Å². The van der Waals surface area contributed by atoms with E-state index in [-0.39, 0.29) is 19.0 Å². The molecule has 162 valence electrons. The third-order valence-electron chi connectivity index (χ3n) is 4.43. The first-order chi connectivity index (χ1) is 13.2. The summed E-state index contributed by atoms with van der Waals surface area (Å²) >= 11 is 0. The monoisotopic (exact) mass is 401 g/mol. The molecule has 28 heavy (non-hydrogen) atoms. The van der Waals surface area contributed by atoms with E-state index in [4.69, 9.17) is 9.47 Å². The van der Waals surface area contributed by atoms with Crippen molar-refractivity contribution in [3.05, 3.63) is 0 Å². The van der Waals surface area contributed by atoms with Crippen LogP contribution in [0.2, 0.25) is 0 Å². The highest BCUT2D eigenvalue weighted by Crippen LogP contribution is 2.18. The molecule has 1 unspecified atom stereocenters. The normalized spacial score (nSPS) is 16.2. The number of rotatable bonds is 9. The van der Waals surface area contributed by atoms with Crippen LogP contribution in [-0.4, -0.2) is 65.1 Å². The number of hydrogen-bond acceptors (Lipinski definition) is 6. The second-order valence-corrected chi connectivity index (χ2v) is 8.09. The molecule has 0 aliphatic carbocycles. The van der Waals surface area contributed by atoms with Gasteiger partial charge in [0.05, 0.1) is 18.5 Å². The van der Waals surface area contributed by atoms with E-state index in [1.807, 2.05) is 6.92 Å². The van der Waals surface area contributed by atoms with Gasteiger partial charge in [-0.1, -0.05) is 26.2 Å². The molecule has 0 aromatic rings. The zero-order chi connectivity index (χ0) is 21.2. The van der Waals surface area contributed by atoms with Crippen LogP contribution in [0, 0.1) is 5.92 Å². The summed E-state index contributed by atoms with van der Waals surface area (Å²) in [6.07, 6.45) is 4.01. The van der Waals surface area contributed by atoms with Gasteiger partial charge in [0.2, 0.25) is 12.3 Å². The highest BCUT2D eigenvalue weighted by molar-refractivity contribution is 5.81. The first kappa shape index (κ1) is 24.2. The third-order valence-corrected chi connectivity index (χ3v) is 4.43. The predicted molar refractivity (Wildman–Crippen MR) is 102 cm³/mol. The predicted octanol–water partition coefficient (Wildman–Crippen LogP) is 2.48. The summed E-state index contributed by atoms with van der Waals surface area (Å²) in [5, 5.41) is 11.2. The van der Waals surface area contributed by atoms with Crippen LogP contribution in [0.3, 0.4) is 0 Å². The van der Waals surface area contributed by atoms with Gasteiger partial charge in [0.25, 0.3) is 0 Å². The number of nitrogens with one attached hydrogen (secondary N) is 1. The van der Waals surface area contributed by atoms with Crippen LogP contribution in [0.4, 0.5) is 4.79 Å². The number of carbonyl (C=O) groups is 3. The molecule has 1 fully saturated rings. The second kappa shape index (κ2) is 11.9. The Morgan fingerprint density at radius 3 is 2.46 bits per heavy atom. The van der Waals surface area contributed by atoms with Gasteiger partial charge >= 0.3 is 6.09 Å². The van der Waals surface area contributed by atoms with Crippen molar-refractivity contribution < 1.29 is 29.1 Å². The first-order valence-corrected chi connectivity index (χ1v) is 9.99. The molecule has 2 N–H and O–H groups in total. The Kier molecular flexibility index (Phi) is 10.2. The summed E-state index contributed by atoms with van der Waals surface area (Å²) in [5.41, 5.74) is 1.97. The Morgan fingerprint density at radius 1 is 1.29 bits per heavy atom. The molecular weight excluding hydrogens is 366 g/mol. The lowest BCUT2D eigenvalue weighted by Gasteiger charge is -2.36. The lowest BCUT2D eigenvalue weighted by molar-refractivity contribution is -0.156. The average Bonchev–Trinajstić information content (AvgIpc) is 2.64. The molecular formula is C19H35N3O6. The zero-order valence-corrected chi connectivity index (χ0v) is 17.5. The molecule has 1 aliphatic rings. The molecule has 3 amide bonds. The Morgan fingerprint density at radius 2 is 1.93 bits per heavy atom. The Bertz CT molecular complexity index is 502. The quantitative estimate of drug-likeness (QED) is 0.266. The van der Waals surface area contributed by atoms with E-state index < -0.39 is 23.5 Å². The minimum absolute atomic E-state index is 0.130. The summed E-state index contributed by atoms with van der Waals surface area (Å²) < 4.78 is 10.8. The number of hydrazine groups is 1. The van der Waals surface area contributed by atoms with Crippen molar-refractivity contribution in [3.63, 3.8) is 0 Å². The summed E-state index contributed by atoms with van der Waals surface area (Å²) in [7, 11) is 0. The van der Waals surface area contributed by atoms with Gasteiger partial charge in [-0.05, 0) is 40.0 Å². The van der Waals surface area contributed by atoms with Crippen molar-refractivity contribution in [1.29, 1.82) is 0 Å². The van der Waals surface area contributed by atoms with Crippen LogP contribution in [0.25, 0.3) is 0 Å². The molecule has 1 heterocycles. The highest BCUT2D eigenvalue weighted by Gasteiger charge is 2.33. The van der Waals surface area contributed by atoms with E-state index in [0.717, 1.165) is 19.3 Å². The Hall–Kier alpha value is -1.87. The summed E-state index contributed by atoms with van der Waals surface area (Å²) in [6, 6.07) is -0.236. The number of hydrogen-bond donors (Lipinski definition) is 2. The molecule has 0 aromatic carbocycles. The van der Waals surface area contributed by atoms with E-state index in [0.29, 0.717) is 37.5 Å². The van der Waals surface area contributed by atoms with Crippen molar-refractivity contribution >= 4 is 18.4 Å².